The minimum Gasteiger partial charge on any atom is -0.321 e. The fraction of sp³-hybridized carbons (Fsp3) is 0.0435. The number of para-hydroxylation sites is 1. The van der Waals surface area contributed by atoms with Crippen molar-refractivity contribution in [3.63, 3.8) is 0 Å². The lowest BCUT2D eigenvalue weighted by molar-refractivity contribution is -0.137. The summed E-state index contributed by atoms with van der Waals surface area (Å²) in [6.45, 7) is 0. The van der Waals surface area contributed by atoms with Gasteiger partial charge in [-0.1, -0.05) is 57.9 Å². The molecule has 0 unspecified atom stereocenters. The van der Waals surface area contributed by atoms with E-state index in [2.05, 4.69) is 26.2 Å². The van der Waals surface area contributed by atoms with Crippen LogP contribution >= 0.6 is 27.5 Å². The minimum atomic E-state index is -4.55. The molecule has 1 amide bonds. The van der Waals surface area contributed by atoms with E-state index >= 15 is 0 Å². The molecule has 0 saturated carbocycles. The molecule has 0 spiro atoms. The number of pyridine rings is 1. The van der Waals surface area contributed by atoms with E-state index in [0.29, 0.717) is 16.6 Å². The van der Waals surface area contributed by atoms with E-state index in [1.54, 1.807) is 30.3 Å². The smallest absolute Gasteiger partial charge is 0.321 e. The van der Waals surface area contributed by atoms with Crippen LogP contribution in [0.2, 0.25) is 5.02 Å². The molecule has 4 aromatic rings. The lowest BCUT2D eigenvalue weighted by atomic mass is 10.0. The maximum atomic E-state index is 13.1. The highest BCUT2D eigenvalue weighted by molar-refractivity contribution is 9.10. The Bertz CT molecular complexity index is 1290. The molecule has 3 aromatic carbocycles. The lowest BCUT2D eigenvalue weighted by Crippen LogP contribution is -2.14. The van der Waals surface area contributed by atoms with Gasteiger partial charge in [0.25, 0.3) is 5.91 Å². The molecule has 156 valence electrons. The molecule has 1 N–H and O–H groups in total. The van der Waals surface area contributed by atoms with Crippen molar-refractivity contribution in [3.05, 3.63) is 93.4 Å². The molecule has 0 bridgehead atoms. The predicted molar refractivity (Wildman–Crippen MR) is 119 cm³/mol. The molecule has 0 atom stereocenters. The number of anilines is 1. The summed E-state index contributed by atoms with van der Waals surface area (Å²) in [6.07, 6.45) is -4.55. The largest absolute Gasteiger partial charge is 0.416 e. The molecule has 0 saturated heterocycles. The molecule has 0 aliphatic carbocycles. The summed E-state index contributed by atoms with van der Waals surface area (Å²) < 4.78 is 40.1. The van der Waals surface area contributed by atoms with Crippen molar-refractivity contribution in [1.29, 1.82) is 0 Å². The fourth-order valence-corrected chi connectivity index (χ4v) is 3.55. The van der Waals surface area contributed by atoms with Gasteiger partial charge in [0.2, 0.25) is 0 Å². The third kappa shape index (κ3) is 4.57. The van der Waals surface area contributed by atoms with Crippen LogP contribution in [-0.4, -0.2) is 10.9 Å². The zero-order valence-electron chi connectivity index (χ0n) is 15.7. The Morgan fingerprint density at radius 2 is 1.68 bits per heavy atom. The second-order valence-electron chi connectivity index (χ2n) is 6.73. The van der Waals surface area contributed by atoms with E-state index in [9.17, 15) is 18.0 Å². The number of alkyl halides is 3. The fourth-order valence-electron chi connectivity index (χ4n) is 3.12. The van der Waals surface area contributed by atoms with Gasteiger partial charge in [0.1, 0.15) is 0 Å². The second kappa shape index (κ2) is 8.32. The van der Waals surface area contributed by atoms with Crippen LogP contribution < -0.4 is 5.32 Å². The highest BCUT2D eigenvalue weighted by atomic mass is 79.9. The Hall–Kier alpha value is -2.90. The van der Waals surface area contributed by atoms with E-state index < -0.39 is 17.6 Å². The summed E-state index contributed by atoms with van der Waals surface area (Å²) >= 11 is 9.42. The minimum absolute atomic E-state index is 0.00726. The van der Waals surface area contributed by atoms with Crippen molar-refractivity contribution in [2.75, 3.05) is 5.32 Å². The summed E-state index contributed by atoms with van der Waals surface area (Å²) in [5.74, 6) is -0.585. The van der Waals surface area contributed by atoms with Crippen molar-refractivity contribution in [3.8, 4) is 11.3 Å². The van der Waals surface area contributed by atoms with Crippen molar-refractivity contribution >= 4 is 50.0 Å². The first-order valence-corrected chi connectivity index (χ1v) is 10.2. The quantitative estimate of drug-likeness (QED) is 0.312. The van der Waals surface area contributed by atoms with Crippen LogP contribution in [0.4, 0.5) is 18.9 Å². The van der Waals surface area contributed by atoms with Crippen LogP contribution in [0.25, 0.3) is 22.2 Å². The van der Waals surface area contributed by atoms with Crippen LogP contribution in [0.15, 0.2) is 77.3 Å². The van der Waals surface area contributed by atoms with Gasteiger partial charge in [-0.05, 0) is 42.5 Å². The maximum absolute atomic E-state index is 13.1. The maximum Gasteiger partial charge on any atom is 0.416 e. The summed E-state index contributed by atoms with van der Waals surface area (Å²) in [6, 6.07) is 18.9. The number of rotatable bonds is 3. The Kier molecular flexibility index (Phi) is 5.73. The van der Waals surface area contributed by atoms with Crippen LogP contribution in [-0.2, 0) is 6.18 Å². The van der Waals surface area contributed by atoms with E-state index in [1.165, 1.54) is 0 Å². The molecule has 0 radical (unpaired) electrons. The molecule has 1 heterocycles. The Morgan fingerprint density at radius 1 is 0.968 bits per heavy atom. The highest BCUT2D eigenvalue weighted by Crippen LogP contribution is 2.34. The average Bonchev–Trinajstić information content (AvgIpc) is 2.74. The third-order valence-electron chi connectivity index (χ3n) is 4.64. The zero-order chi connectivity index (χ0) is 22.2. The number of aromatic nitrogens is 1. The molecule has 4 rings (SSSR count). The van der Waals surface area contributed by atoms with Gasteiger partial charge in [-0.2, -0.15) is 13.2 Å². The first kappa shape index (κ1) is 21.3. The van der Waals surface area contributed by atoms with Gasteiger partial charge in [0.15, 0.2) is 0 Å². The van der Waals surface area contributed by atoms with E-state index in [1.807, 2.05) is 24.3 Å². The van der Waals surface area contributed by atoms with Crippen molar-refractivity contribution in [2.24, 2.45) is 0 Å². The molecule has 3 nitrogen and oxygen atoms in total. The summed E-state index contributed by atoms with van der Waals surface area (Å²) in [5.41, 5.74) is 1.20. The van der Waals surface area contributed by atoms with E-state index in [-0.39, 0.29) is 16.3 Å². The van der Waals surface area contributed by atoms with Gasteiger partial charge < -0.3 is 5.32 Å². The zero-order valence-corrected chi connectivity index (χ0v) is 18.0. The number of hydrogen-bond donors (Lipinski definition) is 1. The molecule has 1 aromatic heterocycles. The number of nitrogens with one attached hydrogen (secondary N) is 1. The van der Waals surface area contributed by atoms with E-state index in [4.69, 9.17) is 11.6 Å². The normalized spacial score (nSPS) is 11.5. The Labute approximate surface area is 189 Å². The summed E-state index contributed by atoms with van der Waals surface area (Å²) in [7, 11) is 0. The van der Waals surface area contributed by atoms with Gasteiger partial charge in [-0.25, -0.2) is 4.98 Å². The Morgan fingerprint density at radius 3 is 2.39 bits per heavy atom. The summed E-state index contributed by atoms with van der Waals surface area (Å²) in [5, 5.41) is 3.09. The third-order valence-corrected chi connectivity index (χ3v) is 5.50. The summed E-state index contributed by atoms with van der Waals surface area (Å²) in [4.78, 5) is 17.7. The SMILES string of the molecule is O=C(Nc1cc(C(F)(F)F)ccc1Cl)c1cc(-c2ccc(Br)cc2)nc2ccccc12. The average molecular weight is 506 g/mol. The molecule has 8 heteroatoms. The van der Waals surface area contributed by atoms with Crippen LogP contribution in [0, 0.1) is 0 Å². The second-order valence-corrected chi connectivity index (χ2v) is 8.05. The molecular formula is C23H13BrClF3N2O. The van der Waals surface area contributed by atoms with E-state index in [0.717, 1.165) is 28.2 Å². The van der Waals surface area contributed by atoms with Crippen LogP contribution in [0.1, 0.15) is 15.9 Å². The van der Waals surface area contributed by atoms with Gasteiger partial charge >= 0.3 is 6.18 Å². The van der Waals surface area contributed by atoms with Gasteiger partial charge in [0, 0.05) is 15.4 Å². The number of benzene rings is 3. The first-order valence-electron chi connectivity index (χ1n) is 9.06. The van der Waals surface area contributed by atoms with Crippen LogP contribution in [0.5, 0.6) is 0 Å². The monoisotopic (exact) mass is 504 g/mol. The molecular weight excluding hydrogens is 493 g/mol. The Balaban J connectivity index is 1.78. The number of halogens is 5. The number of nitrogens with zero attached hydrogens (tertiary/aromatic N) is 1. The number of hydrogen-bond acceptors (Lipinski definition) is 2. The van der Waals surface area contributed by atoms with Gasteiger partial charge in [-0.15, -0.1) is 0 Å². The number of carbonyl (C=O) groups excluding carboxylic acids is 1. The highest BCUT2D eigenvalue weighted by Gasteiger charge is 2.31. The van der Waals surface area contributed by atoms with Gasteiger partial charge in [-0.3, -0.25) is 4.79 Å². The predicted octanol–water partition coefficient (Wildman–Crippen LogP) is 7.59. The number of fused-ring (bicyclic) bond motifs is 1. The van der Waals surface area contributed by atoms with Crippen molar-refractivity contribution < 1.29 is 18.0 Å². The van der Waals surface area contributed by atoms with Gasteiger partial charge in [0.05, 0.1) is 33.0 Å². The molecule has 0 aliphatic rings. The van der Waals surface area contributed by atoms with Crippen LogP contribution in [0.3, 0.4) is 0 Å². The molecule has 0 fully saturated rings. The molecule has 31 heavy (non-hydrogen) atoms. The van der Waals surface area contributed by atoms with Crippen molar-refractivity contribution in [2.45, 2.75) is 6.18 Å². The molecule has 0 aliphatic heterocycles. The number of carbonyl (C=O) groups is 1. The topological polar surface area (TPSA) is 42.0 Å². The standard InChI is InChI=1S/C23H13BrClF3N2O/c24-15-8-5-13(6-9-15)20-12-17(16-3-1-2-4-19(16)29-20)22(31)30-21-11-14(23(26,27)28)7-10-18(21)25/h1-12H,(H,30,31). The lowest BCUT2D eigenvalue weighted by Gasteiger charge is -2.13. The van der Waals surface area contributed by atoms with Crippen molar-refractivity contribution in [1.82, 2.24) is 4.98 Å². The first-order chi connectivity index (χ1) is 14.7. The number of amides is 1.